The third kappa shape index (κ3) is 1.85. The smallest absolute Gasteiger partial charge is 0.140 e. The molecule has 4 aliphatic rings. The van der Waals surface area contributed by atoms with E-state index in [2.05, 4.69) is 24.9 Å². The van der Waals surface area contributed by atoms with Crippen LogP contribution < -0.4 is 0 Å². The molecule has 1 aromatic heterocycles. The Morgan fingerprint density at radius 2 is 2.00 bits per heavy atom. The van der Waals surface area contributed by atoms with Crippen molar-refractivity contribution in [2.24, 2.45) is 34.5 Å². The van der Waals surface area contributed by atoms with E-state index in [4.69, 9.17) is 10.9 Å². The summed E-state index contributed by atoms with van der Waals surface area (Å²) in [4.78, 5) is 0. The molecule has 3 saturated carbocycles. The van der Waals surface area contributed by atoms with E-state index in [1.807, 2.05) is 6.20 Å². The van der Waals surface area contributed by atoms with Gasteiger partial charge in [-0.15, -0.1) is 6.42 Å². The van der Waals surface area contributed by atoms with Gasteiger partial charge < -0.3 is 9.63 Å². The average molecular weight is 339 g/mol. The van der Waals surface area contributed by atoms with Gasteiger partial charge in [-0.05, 0) is 74.0 Å². The highest BCUT2D eigenvalue weighted by molar-refractivity contribution is 5.26. The molecule has 0 spiro atoms. The molecule has 1 aromatic rings. The first kappa shape index (κ1) is 15.9. The lowest BCUT2D eigenvalue weighted by molar-refractivity contribution is -0.128. The lowest BCUT2D eigenvalue weighted by Crippen LogP contribution is -2.56. The second-order valence-electron chi connectivity index (χ2n) is 9.81. The van der Waals surface area contributed by atoms with E-state index in [9.17, 15) is 5.11 Å². The van der Waals surface area contributed by atoms with Crippen LogP contribution in [0.1, 0.15) is 63.7 Å². The number of aliphatic hydroxyl groups is 1. The molecule has 7 atom stereocenters. The third-order valence-corrected chi connectivity index (χ3v) is 9.19. The highest BCUT2D eigenvalue weighted by Gasteiger charge is 2.64. The Balaban J connectivity index is 1.50. The van der Waals surface area contributed by atoms with E-state index >= 15 is 0 Å². The summed E-state index contributed by atoms with van der Waals surface area (Å²) in [6.07, 6.45) is 16.6. The van der Waals surface area contributed by atoms with Gasteiger partial charge in [0, 0.05) is 17.4 Å². The molecular weight excluding hydrogens is 310 g/mol. The number of aromatic nitrogens is 1. The minimum absolute atomic E-state index is 0.0941. The van der Waals surface area contributed by atoms with Crippen molar-refractivity contribution < 1.29 is 9.63 Å². The maximum atomic E-state index is 11.1. The van der Waals surface area contributed by atoms with E-state index in [0.717, 1.165) is 43.8 Å². The molecule has 1 N–H and O–H groups in total. The zero-order valence-electron chi connectivity index (χ0n) is 15.4. The van der Waals surface area contributed by atoms with Gasteiger partial charge in [0.2, 0.25) is 0 Å². The zero-order chi connectivity index (χ0) is 17.4. The maximum absolute atomic E-state index is 11.1. The van der Waals surface area contributed by atoms with E-state index in [1.165, 1.54) is 24.8 Å². The molecule has 0 amide bonds. The van der Waals surface area contributed by atoms with Crippen molar-refractivity contribution in [3.63, 3.8) is 0 Å². The minimum Gasteiger partial charge on any atom is -0.377 e. The largest absolute Gasteiger partial charge is 0.377 e. The fraction of sp³-hybridized carbons (Fsp3) is 0.773. The van der Waals surface area contributed by atoms with Gasteiger partial charge >= 0.3 is 0 Å². The van der Waals surface area contributed by atoms with Crippen molar-refractivity contribution in [1.82, 2.24) is 5.16 Å². The van der Waals surface area contributed by atoms with Crippen LogP contribution in [0.4, 0.5) is 0 Å². The van der Waals surface area contributed by atoms with E-state index in [-0.39, 0.29) is 5.41 Å². The predicted octanol–water partition coefficient (Wildman–Crippen LogP) is 4.00. The molecule has 0 saturated heterocycles. The van der Waals surface area contributed by atoms with Crippen LogP contribution in [0.3, 0.4) is 0 Å². The van der Waals surface area contributed by atoms with Crippen LogP contribution in [0, 0.1) is 46.8 Å². The van der Waals surface area contributed by atoms with Gasteiger partial charge in [-0.1, -0.05) is 24.9 Å². The van der Waals surface area contributed by atoms with Crippen LogP contribution in [-0.4, -0.2) is 15.9 Å². The summed E-state index contributed by atoms with van der Waals surface area (Å²) in [7, 11) is 0. The number of rotatable bonds is 0. The molecule has 0 unspecified atom stereocenters. The van der Waals surface area contributed by atoms with Gasteiger partial charge in [-0.25, -0.2) is 0 Å². The number of nitrogens with zero attached hydrogens (tertiary/aromatic N) is 1. The number of fused-ring (bicyclic) bond motifs is 6. The highest BCUT2D eigenvalue weighted by atomic mass is 16.5. The summed E-state index contributed by atoms with van der Waals surface area (Å²) >= 11 is 0. The molecule has 134 valence electrons. The minimum atomic E-state index is -0.894. The van der Waals surface area contributed by atoms with E-state index in [0.29, 0.717) is 23.2 Å². The lowest BCUT2D eigenvalue weighted by Gasteiger charge is -2.60. The van der Waals surface area contributed by atoms with Crippen molar-refractivity contribution in [2.45, 2.75) is 70.8 Å². The molecule has 3 heteroatoms. The number of hydrogen-bond donors (Lipinski definition) is 1. The number of hydrogen-bond acceptors (Lipinski definition) is 3. The van der Waals surface area contributed by atoms with Crippen LogP contribution in [0.2, 0.25) is 0 Å². The van der Waals surface area contributed by atoms with Crippen molar-refractivity contribution in [3.05, 3.63) is 17.5 Å². The van der Waals surface area contributed by atoms with Crippen LogP contribution in [-0.2, 0) is 12.8 Å². The monoisotopic (exact) mass is 339 g/mol. The van der Waals surface area contributed by atoms with E-state index < -0.39 is 5.60 Å². The van der Waals surface area contributed by atoms with Gasteiger partial charge in [0.05, 0.1) is 6.20 Å². The Hall–Kier alpha value is -1.27. The molecule has 0 aliphatic heterocycles. The summed E-state index contributed by atoms with van der Waals surface area (Å²) in [6.45, 7) is 4.80. The first-order valence-corrected chi connectivity index (χ1v) is 10.0. The van der Waals surface area contributed by atoms with Gasteiger partial charge in [0.15, 0.2) is 0 Å². The Bertz CT molecular complexity index is 747. The summed E-state index contributed by atoms with van der Waals surface area (Å²) in [6, 6.07) is 0. The molecule has 0 radical (unpaired) electrons. The van der Waals surface area contributed by atoms with Crippen LogP contribution >= 0.6 is 0 Å². The fourth-order valence-electron chi connectivity index (χ4n) is 7.63. The maximum Gasteiger partial charge on any atom is 0.140 e. The molecular formula is C22H29NO2. The lowest BCUT2D eigenvalue weighted by atomic mass is 9.44. The fourth-order valence-corrected chi connectivity index (χ4v) is 7.63. The summed E-state index contributed by atoms with van der Waals surface area (Å²) in [5, 5.41) is 15.1. The Kier molecular flexibility index (Phi) is 3.13. The first-order chi connectivity index (χ1) is 11.9. The predicted molar refractivity (Wildman–Crippen MR) is 95.6 cm³/mol. The van der Waals surface area contributed by atoms with Crippen molar-refractivity contribution >= 4 is 0 Å². The standard InChI is InChI=1S/C22H29NO2/c1-4-22(24)10-8-18-16-6-5-15-11-19-14(13-23-25-19)12-20(15,2)17(16)7-9-21(18,22)3/h1,13,15-18,24H,5-12H2,2-3H3/t15-,16+,17-,18-,20-,21-,22+/m0/s1. The molecule has 25 heavy (non-hydrogen) atoms. The molecule has 3 fully saturated rings. The quantitative estimate of drug-likeness (QED) is 0.727. The van der Waals surface area contributed by atoms with Gasteiger partial charge in [0.1, 0.15) is 11.4 Å². The molecule has 3 nitrogen and oxygen atoms in total. The molecule has 4 aliphatic carbocycles. The molecule has 1 heterocycles. The average Bonchev–Trinajstić information content (AvgIpc) is 3.14. The Labute approximate surface area is 150 Å². The van der Waals surface area contributed by atoms with Crippen LogP contribution in [0.25, 0.3) is 0 Å². The summed E-state index contributed by atoms with van der Waals surface area (Å²) < 4.78 is 5.51. The third-order valence-electron chi connectivity index (χ3n) is 9.19. The SMILES string of the molecule is C#C[C@@]1(O)CC[C@H]2[C@@H]3CC[C@H]4Cc5oncc5C[C@]4(C)[C@H]3CC[C@@]21C. The molecule has 5 rings (SSSR count). The van der Waals surface area contributed by atoms with Gasteiger partial charge in [0.25, 0.3) is 0 Å². The Morgan fingerprint density at radius 3 is 2.80 bits per heavy atom. The van der Waals surface area contributed by atoms with Gasteiger partial charge in [-0.3, -0.25) is 0 Å². The topological polar surface area (TPSA) is 46.3 Å². The highest BCUT2D eigenvalue weighted by Crippen LogP contribution is 2.67. The molecule has 0 aromatic carbocycles. The van der Waals surface area contributed by atoms with Crippen molar-refractivity contribution in [2.75, 3.05) is 0 Å². The normalized spacial score (nSPS) is 51.0. The second-order valence-corrected chi connectivity index (χ2v) is 9.81. The van der Waals surface area contributed by atoms with E-state index in [1.54, 1.807) is 0 Å². The van der Waals surface area contributed by atoms with Crippen molar-refractivity contribution in [3.8, 4) is 12.3 Å². The Morgan fingerprint density at radius 1 is 1.20 bits per heavy atom. The van der Waals surface area contributed by atoms with Crippen molar-refractivity contribution in [1.29, 1.82) is 0 Å². The second kappa shape index (κ2) is 4.92. The molecule has 0 bridgehead atoms. The first-order valence-electron chi connectivity index (χ1n) is 10.0. The van der Waals surface area contributed by atoms with Gasteiger partial charge in [-0.2, -0.15) is 0 Å². The van der Waals surface area contributed by atoms with Crippen LogP contribution in [0.5, 0.6) is 0 Å². The summed E-state index contributed by atoms with van der Waals surface area (Å²) in [5.41, 5.74) is 0.691. The summed E-state index contributed by atoms with van der Waals surface area (Å²) in [5.74, 6) is 6.66. The number of terminal acetylenes is 1. The zero-order valence-corrected chi connectivity index (χ0v) is 15.4. The van der Waals surface area contributed by atoms with Crippen LogP contribution in [0.15, 0.2) is 10.7 Å².